The zero-order valence-corrected chi connectivity index (χ0v) is 13.8. The lowest BCUT2D eigenvalue weighted by Crippen LogP contribution is -2.39. The summed E-state index contributed by atoms with van der Waals surface area (Å²) in [6.45, 7) is 1.16. The molecule has 1 unspecified atom stereocenters. The number of methoxy groups -OCH3 is 1. The van der Waals surface area contributed by atoms with Crippen molar-refractivity contribution in [3.63, 3.8) is 0 Å². The van der Waals surface area contributed by atoms with Gasteiger partial charge in [-0.05, 0) is 37.3 Å². The number of rotatable bonds is 4. The molecule has 1 fully saturated rings. The van der Waals surface area contributed by atoms with Crippen molar-refractivity contribution in [2.75, 3.05) is 20.3 Å². The van der Waals surface area contributed by atoms with E-state index in [1.807, 2.05) is 12.1 Å². The van der Waals surface area contributed by atoms with Crippen molar-refractivity contribution in [3.8, 4) is 11.5 Å². The van der Waals surface area contributed by atoms with Crippen molar-refractivity contribution < 1.29 is 14.2 Å². The fraction of sp³-hybridized carbons (Fsp3) is 0.600. The van der Waals surface area contributed by atoms with Gasteiger partial charge >= 0.3 is 0 Å². The maximum absolute atomic E-state index is 6.38. The Balaban J connectivity index is 1.82. The predicted octanol–water partition coefficient (Wildman–Crippen LogP) is 4.51. The van der Waals surface area contributed by atoms with Crippen LogP contribution < -0.4 is 9.47 Å². The molecular weight excluding hydrogens is 344 g/mol. The van der Waals surface area contributed by atoms with Crippen LogP contribution in [0.5, 0.6) is 11.5 Å². The van der Waals surface area contributed by atoms with E-state index in [0.717, 1.165) is 36.3 Å². The number of halogens is 2. The molecule has 0 amide bonds. The third-order valence-corrected chi connectivity index (χ3v) is 5.39. The topological polar surface area (TPSA) is 27.7 Å². The Bertz CT molecular complexity index is 497. The van der Waals surface area contributed by atoms with Crippen molar-refractivity contribution in [3.05, 3.63) is 22.7 Å². The molecule has 3 nitrogen and oxygen atoms in total. The highest BCUT2D eigenvalue weighted by atomic mass is 79.9. The van der Waals surface area contributed by atoms with Gasteiger partial charge in [-0.3, -0.25) is 0 Å². The van der Waals surface area contributed by atoms with E-state index in [-0.39, 0.29) is 10.4 Å². The zero-order valence-electron chi connectivity index (χ0n) is 11.5. The van der Waals surface area contributed by atoms with Gasteiger partial charge in [0.2, 0.25) is 0 Å². The smallest absolute Gasteiger partial charge is 0.162 e. The molecule has 0 bridgehead atoms. The van der Waals surface area contributed by atoms with Gasteiger partial charge in [0.25, 0.3) is 0 Å². The van der Waals surface area contributed by atoms with E-state index in [4.69, 9.17) is 25.8 Å². The number of hydrogen-bond donors (Lipinski definition) is 0. The molecule has 0 spiro atoms. The molecule has 1 aromatic rings. The van der Waals surface area contributed by atoms with Gasteiger partial charge < -0.3 is 14.2 Å². The molecule has 1 aromatic carbocycles. The van der Waals surface area contributed by atoms with Gasteiger partial charge in [0, 0.05) is 23.0 Å². The molecule has 1 aliphatic carbocycles. The van der Waals surface area contributed by atoms with Crippen LogP contribution >= 0.6 is 27.5 Å². The van der Waals surface area contributed by atoms with Crippen LogP contribution in [0.1, 0.15) is 36.1 Å². The van der Waals surface area contributed by atoms with Crippen LogP contribution in [0.15, 0.2) is 12.1 Å². The lowest BCUT2D eigenvalue weighted by Gasteiger charge is -2.42. The molecule has 20 heavy (non-hydrogen) atoms. The summed E-state index contributed by atoms with van der Waals surface area (Å²) in [5.74, 6) is 1.51. The van der Waals surface area contributed by atoms with Crippen molar-refractivity contribution in [2.24, 2.45) is 0 Å². The van der Waals surface area contributed by atoms with Crippen LogP contribution in [-0.4, -0.2) is 25.9 Å². The van der Waals surface area contributed by atoms with Crippen LogP contribution in [0.4, 0.5) is 0 Å². The molecule has 0 saturated heterocycles. The molecule has 0 N–H and O–H groups in total. The molecule has 1 aliphatic heterocycles. The summed E-state index contributed by atoms with van der Waals surface area (Å²) in [4.78, 5) is 0.158. The Hall–Kier alpha value is -0.450. The number of fused-ring (bicyclic) bond motifs is 1. The lowest BCUT2D eigenvalue weighted by atomic mass is 9.76. The normalized spacial score (nSPS) is 21.1. The minimum absolute atomic E-state index is 0.00472. The average Bonchev–Trinajstić information content (AvgIpc) is 2.42. The van der Waals surface area contributed by atoms with Gasteiger partial charge in [-0.25, -0.2) is 0 Å². The van der Waals surface area contributed by atoms with Crippen molar-refractivity contribution >= 4 is 27.5 Å². The third-order valence-electron chi connectivity index (χ3n) is 4.25. The molecule has 5 heteroatoms. The Morgan fingerprint density at radius 3 is 2.50 bits per heavy atom. The Kier molecular flexibility index (Phi) is 4.16. The first kappa shape index (κ1) is 14.5. The summed E-state index contributed by atoms with van der Waals surface area (Å²) >= 11 is 10.1. The second-order valence-corrected chi connectivity index (χ2v) is 6.94. The van der Waals surface area contributed by atoms with Crippen molar-refractivity contribution in [1.29, 1.82) is 0 Å². The Labute approximate surface area is 132 Å². The quantitative estimate of drug-likeness (QED) is 0.739. The van der Waals surface area contributed by atoms with E-state index in [0.29, 0.717) is 18.2 Å². The minimum Gasteiger partial charge on any atom is -0.486 e. The molecule has 0 aromatic heterocycles. The van der Waals surface area contributed by atoms with Gasteiger partial charge in [-0.15, -0.1) is 0 Å². The van der Waals surface area contributed by atoms with Crippen LogP contribution in [0, 0.1) is 0 Å². The standard InChI is InChI=1S/C15H18BrClO3/c1-18-15(3-2-4-15)9-11(16)10-7-13-14(8-12(10)17)20-6-5-19-13/h7-8,11H,2-6,9H2,1H3. The molecule has 110 valence electrons. The molecule has 1 saturated carbocycles. The Morgan fingerprint density at radius 2 is 1.95 bits per heavy atom. The summed E-state index contributed by atoms with van der Waals surface area (Å²) < 4.78 is 16.9. The molecular formula is C15H18BrClO3. The minimum atomic E-state index is 0.00472. The van der Waals surface area contributed by atoms with Crippen molar-refractivity contribution in [1.82, 2.24) is 0 Å². The second-order valence-electron chi connectivity index (χ2n) is 5.43. The first-order chi connectivity index (χ1) is 9.63. The summed E-state index contributed by atoms with van der Waals surface area (Å²) in [6.07, 6.45) is 4.40. The summed E-state index contributed by atoms with van der Waals surface area (Å²) in [6, 6.07) is 3.83. The highest BCUT2D eigenvalue weighted by Crippen LogP contribution is 2.47. The van der Waals surface area contributed by atoms with Gasteiger partial charge in [-0.1, -0.05) is 27.5 Å². The van der Waals surface area contributed by atoms with E-state index >= 15 is 0 Å². The van der Waals surface area contributed by atoms with Crippen molar-refractivity contribution in [2.45, 2.75) is 36.1 Å². The first-order valence-electron chi connectivity index (χ1n) is 6.92. The second kappa shape index (κ2) is 5.74. The van der Waals surface area contributed by atoms with Gasteiger partial charge in [0.15, 0.2) is 11.5 Å². The van der Waals surface area contributed by atoms with Gasteiger partial charge in [0.1, 0.15) is 13.2 Å². The average molecular weight is 362 g/mol. The fourth-order valence-electron chi connectivity index (χ4n) is 2.82. The Morgan fingerprint density at radius 1 is 1.30 bits per heavy atom. The highest BCUT2D eigenvalue weighted by molar-refractivity contribution is 9.09. The monoisotopic (exact) mass is 360 g/mol. The van der Waals surface area contributed by atoms with E-state index in [9.17, 15) is 0 Å². The van der Waals surface area contributed by atoms with Crippen LogP contribution in [0.3, 0.4) is 0 Å². The zero-order chi connectivity index (χ0) is 14.2. The molecule has 1 atom stereocenters. The first-order valence-corrected chi connectivity index (χ1v) is 8.21. The largest absolute Gasteiger partial charge is 0.486 e. The number of ether oxygens (including phenoxy) is 3. The predicted molar refractivity (Wildman–Crippen MR) is 82.3 cm³/mol. The number of hydrogen-bond acceptors (Lipinski definition) is 3. The summed E-state index contributed by atoms with van der Waals surface area (Å²) in [5, 5.41) is 0.710. The van der Waals surface area contributed by atoms with Crippen LogP contribution in [0.25, 0.3) is 0 Å². The van der Waals surface area contributed by atoms with E-state index in [1.165, 1.54) is 6.42 Å². The SMILES string of the molecule is COC1(CC(Br)c2cc3c(cc2Cl)OCCO3)CCC1. The van der Waals surface area contributed by atoms with E-state index < -0.39 is 0 Å². The molecule has 3 rings (SSSR count). The summed E-state index contributed by atoms with van der Waals surface area (Å²) in [5.41, 5.74) is 1.05. The van der Waals surface area contributed by atoms with Crippen LogP contribution in [0.2, 0.25) is 5.02 Å². The molecule has 1 heterocycles. The van der Waals surface area contributed by atoms with Gasteiger partial charge in [-0.2, -0.15) is 0 Å². The third kappa shape index (κ3) is 2.66. The number of alkyl halides is 1. The highest BCUT2D eigenvalue weighted by Gasteiger charge is 2.39. The van der Waals surface area contributed by atoms with Gasteiger partial charge in [0.05, 0.1) is 5.60 Å². The number of benzene rings is 1. The fourth-order valence-corrected chi connectivity index (χ4v) is 4.20. The maximum atomic E-state index is 6.38. The van der Waals surface area contributed by atoms with E-state index in [1.54, 1.807) is 7.11 Å². The molecule has 0 radical (unpaired) electrons. The van der Waals surface area contributed by atoms with E-state index in [2.05, 4.69) is 15.9 Å². The molecule has 2 aliphatic rings. The lowest BCUT2D eigenvalue weighted by molar-refractivity contribution is -0.0773. The summed E-state index contributed by atoms with van der Waals surface area (Å²) in [7, 11) is 1.80. The maximum Gasteiger partial charge on any atom is 0.162 e. The van der Waals surface area contributed by atoms with Crippen LogP contribution in [-0.2, 0) is 4.74 Å².